The van der Waals surface area contributed by atoms with Crippen LogP contribution in [0, 0.1) is 0 Å². The normalized spacial score (nSPS) is 12.6. The lowest BCUT2D eigenvalue weighted by atomic mass is 10.0. The summed E-state index contributed by atoms with van der Waals surface area (Å²) in [5, 5.41) is 8.07. The number of aromatic nitrogens is 3. The molecule has 1 heterocycles. The number of hydrogen-bond acceptors (Lipinski definition) is 3. The summed E-state index contributed by atoms with van der Waals surface area (Å²) in [7, 11) is 0. The average molecular weight is 230 g/mol. The molecule has 0 amide bonds. The Morgan fingerprint density at radius 2 is 2.24 bits per heavy atom. The van der Waals surface area contributed by atoms with E-state index < -0.39 is 0 Å². The molecule has 0 fully saturated rings. The Morgan fingerprint density at radius 3 is 2.94 bits per heavy atom. The Labute approximate surface area is 101 Å². The number of rotatable bonds is 4. The Kier molecular flexibility index (Phi) is 3.54. The van der Waals surface area contributed by atoms with Gasteiger partial charge in [-0.05, 0) is 25.0 Å². The van der Waals surface area contributed by atoms with Crippen molar-refractivity contribution < 1.29 is 0 Å². The predicted octanol–water partition coefficient (Wildman–Crippen LogP) is 2.37. The molecule has 0 saturated carbocycles. The fourth-order valence-corrected chi connectivity index (χ4v) is 1.84. The number of benzene rings is 1. The second-order valence-corrected chi connectivity index (χ2v) is 4.26. The van der Waals surface area contributed by atoms with Gasteiger partial charge in [0.2, 0.25) is 0 Å². The van der Waals surface area contributed by atoms with Crippen molar-refractivity contribution in [1.29, 1.82) is 0 Å². The molecule has 1 atom stereocenters. The van der Waals surface area contributed by atoms with Crippen LogP contribution in [0.15, 0.2) is 30.5 Å². The quantitative estimate of drug-likeness (QED) is 0.877. The van der Waals surface area contributed by atoms with E-state index in [-0.39, 0.29) is 6.04 Å². The van der Waals surface area contributed by atoms with Gasteiger partial charge in [0, 0.05) is 18.2 Å². The molecular formula is C13H18N4. The highest BCUT2D eigenvalue weighted by Gasteiger charge is 2.07. The first-order valence-electron chi connectivity index (χ1n) is 5.96. The van der Waals surface area contributed by atoms with E-state index in [1.165, 1.54) is 0 Å². The Morgan fingerprint density at radius 1 is 1.41 bits per heavy atom. The minimum Gasteiger partial charge on any atom is -0.324 e. The zero-order chi connectivity index (χ0) is 12.3. The fraction of sp³-hybridized carbons (Fsp3) is 0.385. The van der Waals surface area contributed by atoms with Crippen molar-refractivity contribution in [1.82, 2.24) is 15.0 Å². The minimum absolute atomic E-state index is 0.0467. The molecule has 17 heavy (non-hydrogen) atoms. The molecule has 0 bridgehead atoms. The van der Waals surface area contributed by atoms with E-state index in [9.17, 15) is 0 Å². The van der Waals surface area contributed by atoms with Crippen molar-refractivity contribution in [3.8, 4) is 11.3 Å². The topological polar surface area (TPSA) is 56.7 Å². The van der Waals surface area contributed by atoms with E-state index >= 15 is 0 Å². The van der Waals surface area contributed by atoms with Crippen molar-refractivity contribution in [3.63, 3.8) is 0 Å². The second kappa shape index (κ2) is 5.10. The third-order valence-electron chi connectivity index (χ3n) is 2.76. The third kappa shape index (κ3) is 2.53. The summed E-state index contributed by atoms with van der Waals surface area (Å²) in [5.74, 6) is 0. The maximum Gasteiger partial charge on any atom is 0.0885 e. The zero-order valence-electron chi connectivity index (χ0n) is 10.3. The highest BCUT2D eigenvalue weighted by Crippen LogP contribution is 2.21. The average Bonchev–Trinajstić information content (AvgIpc) is 2.78. The molecular weight excluding hydrogens is 212 g/mol. The molecule has 0 aliphatic heterocycles. The lowest BCUT2D eigenvalue weighted by Crippen LogP contribution is -2.05. The maximum atomic E-state index is 5.89. The largest absolute Gasteiger partial charge is 0.324 e. The van der Waals surface area contributed by atoms with Gasteiger partial charge in [-0.3, -0.25) is 0 Å². The molecule has 1 aromatic heterocycles. The van der Waals surface area contributed by atoms with Gasteiger partial charge in [0.1, 0.15) is 0 Å². The maximum absolute atomic E-state index is 5.89. The van der Waals surface area contributed by atoms with E-state index in [1.807, 2.05) is 23.7 Å². The van der Waals surface area contributed by atoms with Gasteiger partial charge in [0.15, 0.2) is 0 Å². The number of nitrogens with zero attached hydrogens (tertiary/aromatic N) is 3. The van der Waals surface area contributed by atoms with Crippen LogP contribution in [-0.4, -0.2) is 15.0 Å². The molecule has 0 aliphatic carbocycles. The van der Waals surface area contributed by atoms with Crippen LogP contribution in [0.25, 0.3) is 11.3 Å². The zero-order valence-corrected chi connectivity index (χ0v) is 10.3. The predicted molar refractivity (Wildman–Crippen MR) is 68.4 cm³/mol. The van der Waals surface area contributed by atoms with Gasteiger partial charge in [-0.15, -0.1) is 5.10 Å². The molecule has 0 spiro atoms. The first kappa shape index (κ1) is 11.8. The van der Waals surface area contributed by atoms with Crippen LogP contribution in [0.5, 0.6) is 0 Å². The lowest BCUT2D eigenvalue weighted by Gasteiger charge is -2.09. The van der Waals surface area contributed by atoms with Crippen molar-refractivity contribution in [2.45, 2.75) is 32.9 Å². The highest BCUT2D eigenvalue weighted by atomic mass is 15.4. The molecule has 4 nitrogen and oxygen atoms in total. The second-order valence-electron chi connectivity index (χ2n) is 4.26. The summed E-state index contributed by atoms with van der Waals surface area (Å²) in [5.41, 5.74) is 9.20. The van der Waals surface area contributed by atoms with Crippen LogP contribution in [0.3, 0.4) is 0 Å². The molecule has 4 heteroatoms. The smallest absolute Gasteiger partial charge is 0.0885 e. The SMILES string of the molecule is CCCn1nncc1-c1cccc(C(C)N)c1. The molecule has 1 unspecified atom stereocenters. The molecule has 90 valence electrons. The molecule has 2 N–H and O–H groups in total. The summed E-state index contributed by atoms with van der Waals surface area (Å²) in [6, 6.07) is 8.29. The monoisotopic (exact) mass is 230 g/mol. The lowest BCUT2D eigenvalue weighted by molar-refractivity contribution is 0.584. The van der Waals surface area contributed by atoms with Crippen LogP contribution in [-0.2, 0) is 6.54 Å². The van der Waals surface area contributed by atoms with Crippen LogP contribution >= 0.6 is 0 Å². The van der Waals surface area contributed by atoms with Crippen LogP contribution < -0.4 is 5.73 Å². The van der Waals surface area contributed by atoms with Gasteiger partial charge in [0.25, 0.3) is 0 Å². The minimum atomic E-state index is 0.0467. The van der Waals surface area contributed by atoms with Gasteiger partial charge in [0.05, 0.1) is 11.9 Å². The van der Waals surface area contributed by atoms with Crippen molar-refractivity contribution >= 4 is 0 Å². The van der Waals surface area contributed by atoms with Gasteiger partial charge in [-0.1, -0.05) is 30.3 Å². The van der Waals surface area contributed by atoms with Crippen molar-refractivity contribution in [2.24, 2.45) is 5.73 Å². The Balaban J connectivity index is 2.38. The Hall–Kier alpha value is -1.68. The number of hydrogen-bond donors (Lipinski definition) is 1. The standard InChI is InChI=1S/C13H18N4/c1-3-7-17-13(9-15-16-17)12-6-4-5-11(8-12)10(2)14/h4-6,8-10H,3,7,14H2,1-2H3. The van der Waals surface area contributed by atoms with Gasteiger partial charge >= 0.3 is 0 Å². The van der Waals surface area contributed by atoms with E-state index in [0.29, 0.717) is 0 Å². The fourth-order valence-electron chi connectivity index (χ4n) is 1.84. The number of nitrogens with two attached hydrogens (primary N) is 1. The van der Waals surface area contributed by atoms with Crippen molar-refractivity contribution in [2.75, 3.05) is 0 Å². The van der Waals surface area contributed by atoms with Gasteiger partial charge in [-0.25, -0.2) is 4.68 Å². The van der Waals surface area contributed by atoms with E-state index in [2.05, 4.69) is 29.4 Å². The summed E-state index contributed by atoms with van der Waals surface area (Å²) in [4.78, 5) is 0. The summed E-state index contributed by atoms with van der Waals surface area (Å²) < 4.78 is 1.93. The van der Waals surface area contributed by atoms with Gasteiger partial charge < -0.3 is 5.73 Å². The first-order valence-corrected chi connectivity index (χ1v) is 5.96. The first-order chi connectivity index (χ1) is 8.22. The Bertz CT molecular complexity index is 488. The van der Waals surface area contributed by atoms with E-state index in [4.69, 9.17) is 5.73 Å². The molecule has 0 radical (unpaired) electrons. The molecule has 2 aromatic rings. The van der Waals surface area contributed by atoms with E-state index in [0.717, 1.165) is 29.8 Å². The molecule has 2 rings (SSSR count). The van der Waals surface area contributed by atoms with Crippen LogP contribution in [0.4, 0.5) is 0 Å². The number of aryl methyl sites for hydroxylation is 1. The van der Waals surface area contributed by atoms with Crippen LogP contribution in [0.1, 0.15) is 31.9 Å². The van der Waals surface area contributed by atoms with Crippen LogP contribution in [0.2, 0.25) is 0 Å². The molecule has 0 saturated heterocycles. The summed E-state index contributed by atoms with van der Waals surface area (Å²) in [6.07, 6.45) is 2.85. The summed E-state index contributed by atoms with van der Waals surface area (Å²) in [6.45, 7) is 5.00. The summed E-state index contributed by atoms with van der Waals surface area (Å²) >= 11 is 0. The van der Waals surface area contributed by atoms with Gasteiger partial charge in [-0.2, -0.15) is 0 Å². The highest BCUT2D eigenvalue weighted by molar-refractivity contribution is 5.59. The van der Waals surface area contributed by atoms with E-state index in [1.54, 1.807) is 6.20 Å². The molecule has 0 aliphatic rings. The van der Waals surface area contributed by atoms with Crippen molar-refractivity contribution in [3.05, 3.63) is 36.0 Å². The third-order valence-corrected chi connectivity index (χ3v) is 2.76. The molecule has 1 aromatic carbocycles.